The minimum Gasteiger partial charge on any atom is -0.293 e. The largest absolute Gasteiger partial charge is 0.293 e. The van der Waals surface area contributed by atoms with Crippen molar-refractivity contribution in [3.63, 3.8) is 0 Å². The number of sulfonamides is 1. The number of hydrogen-bond donors (Lipinski definition) is 0. The van der Waals surface area contributed by atoms with Gasteiger partial charge in [-0.25, -0.2) is 8.42 Å². The van der Waals surface area contributed by atoms with Crippen molar-refractivity contribution in [3.05, 3.63) is 54.2 Å². The Morgan fingerprint density at radius 1 is 1.04 bits per heavy atom. The molecule has 3 heterocycles. The third-order valence-corrected chi connectivity index (χ3v) is 7.35. The minimum atomic E-state index is -3.46. The summed E-state index contributed by atoms with van der Waals surface area (Å²) in [5.41, 5.74) is 1.21. The Morgan fingerprint density at radius 3 is 2.52 bits per heavy atom. The van der Waals surface area contributed by atoms with Crippen LogP contribution in [0.4, 0.5) is 0 Å². The van der Waals surface area contributed by atoms with E-state index in [1.165, 1.54) is 28.2 Å². The maximum atomic E-state index is 12.5. The van der Waals surface area contributed by atoms with Crippen LogP contribution in [0.3, 0.4) is 0 Å². The predicted molar refractivity (Wildman–Crippen MR) is 102 cm³/mol. The van der Waals surface area contributed by atoms with Crippen molar-refractivity contribution in [2.24, 2.45) is 0 Å². The van der Waals surface area contributed by atoms with E-state index in [2.05, 4.69) is 10.2 Å². The quantitative estimate of drug-likeness (QED) is 0.465. The first-order valence-electron chi connectivity index (χ1n) is 8.62. The molecule has 2 aromatic heterocycles. The Labute approximate surface area is 161 Å². The zero-order valence-electron chi connectivity index (χ0n) is 14.5. The van der Waals surface area contributed by atoms with Gasteiger partial charge in [-0.05, 0) is 37.1 Å². The fraction of sp³-hybridized carbons (Fsp3) is 0.278. The summed E-state index contributed by atoms with van der Waals surface area (Å²) in [4.78, 5) is 12.7. The normalized spacial score (nSPS) is 15.4. The van der Waals surface area contributed by atoms with Crippen molar-refractivity contribution in [1.82, 2.24) is 18.9 Å². The number of hydrogen-bond acceptors (Lipinski definition) is 6. The third kappa shape index (κ3) is 3.62. The van der Waals surface area contributed by atoms with E-state index in [4.69, 9.17) is 0 Å². The van der Waals surface area contributed by atoms with Gasteiger partial charge in [0, 0.05) is 24.8 Å². The third-order valence-electron chi connectivity index (χ3n) is 4.49. The topological polar surface area (TPSA) is 84.6 Å². The molecule has 0 atom stereocenters. The van der Waals surface area contributed by atoms with E-state index in [1.807, 2.05) is 28.8 Å². The molecule has 0 bridgehead atoms. The highest BCUT2D eigenvalue weighted by molar-refractivity contribution is 7.99. The molecule has 3 aromatic rings. The molecule has 0 radical (unpaired) electrons. The fourth-order valence-corrected chi connectivity index (χ4v) is 5.36. The van der Waals surface area contributed by atoms with E-state index >= 15 is 0 Å². The molecule has 0 N–H and O–H groups in total. The molecular formula is C18H18N4O3S2. The second-order valence-corrected chi connectivity index (χ2v) is 9.14. The van der Waals surface area contributed by atoms with Crippen molar-refractivity contribution in [2.45, 2.75) is 22.9 Å². The zero-order valence-corrected chi connectivity index (χ0v) is 16.1. The van der Waals surface area contributed by atoms with E-state index in [1.54, 1.807) is 12.1 Å². The number of Topliss-reactive ketones (excluding diaryl/α,β-unsaturated/α-hetero) is 1. The second kappa shape index (κ2) is 7.41. The number of nitrogens with zero attached hydrogens (tertiary/aromatic N) is 4. The van der Waals surface area contributed by atoms with Crippen molar-refractivity contribution in [3.8, 4) is 0 Å². The Balaban J connectivity index is 1.45. The number of carbonyl (C=O) groups excluding carboxylic acids is 1. The second-order valence-electron chi connectivity index (χ2n) is 6.26. The molecule has 0 unspecified atom stereocenters. The van der Waals surface area contributed by atoms with Crippen LogP contribution in [0.25, 0.3) is 5.65 Å². The first-order chi connectivity index (χ1) is 13.1. The van der Waals surface area contributed by atoms with Crippen LogP contribution < -0.4 is 0 Å². The number of carbonyl (C=O) groups is 1. The van der Waals surface area contributed by atoms with Crippen molar-refractivity contribution in [1.29, 1.82) is 0 Å². The number of fused-ring (bicyclic) bond motifs is 1. The Morgan fingerprint density at radius 2 is 1.78 bits per heavy atom. The van der Waals surface area contributed by atoms with Crippen LogP contribution in [0.5, 0.6) is 0 Å². The van der Waals surface area contributed by atoms with Crippen LogP contribution in [-0.2, 0) is 10.0 Å². The van der Waals surface area contributed by atoms with Crippen LogP contribution in [0.15, 0.2) is 58.7 Å². The van der Waals surface area contributed by atoms with Gasteiger partial charge in [0.05, 0.1) is 10.6 Å². The molecule has 0 aliphatic carbocycles. The molecule has 0 spiro atoms. The molecule has 1 fully saturated rings. The summed E-state index contributed by atoms with van der Waals surface area (Å²) in [6.07, 6.45) is 3.63. The van der Waals surface area contributed by atoms with Gasteiger partial charge in [-0.1, -0.05) is 30.0 Å². The number of rotatable bonds is 6. The number of ketones is 1. The van der Waals surface area contributed by atoms with E-state index in [-0.39, 0.29) is 16.4 Å². The first kappa shape index (κ1) is 18.1. The summed E-state index contributed by atoms with van der Waals surface area (Å²) in [6, 6.07) is 11.8. The summed E-state index contributed by atoms with van der Waals surface area (Å²) in [5, 5.41) is 8.79. The van der Waals surface area contributed by atoms with Gasteiger partial charge in [-0.15, -0.1) is 10.2 Å². The van der Waals surface area contributed by atoms with Gasteiger partial charge in [0.15, 0.2) is 16.6 Å². The molecule has 0 amide bonds. The lowest BCUT2D eigenvalue weighted by Gasteiger charge is -2.15. The van der Waals surface area contributed by atoms with Crippen molar-refractivity contribution >= 4 is 33.2 Å². The molecule has 27 heavy (non-hydrogen) atoms. The minimum absolute atomic E-state index is 0.0854. The number of thioether (sulfide) groups is 1. The lowest BCUT2D eigenvalue weighted by atomic mass is 10.1. The summed E-state index contributed by atoms with van der Waals surface area (Å²) in [5.74, 6) is 0.117. The first-order valence-corrected chi connectivity index (χ1v) is 11.0. The molecular weight excluding hydrogens is 384 g/mol. The summed E-state index contributed by atoms with van der Waals surface area (Å²) in [6.45, 7) is 1.12. The number of pyridine rings is 1. The molecule has 7 nitrogen and oxygen atoms in total. The van der Waals surface area contributed by atoms with E-state index in [0.717, 1.165) is 18.5 Å². The van der Waals surface area contributed by atoms with Gasteiger partial charge in [-0.2, -0.15) is 4.31 Å². The predicted octanol–water partition coefficient (Wildman–Crippen LogP) is 2.49. The van der Waals surface area contributed by atoms with E-state index in [0.29, 0.717) is 23.8 Å². The lowest BCUT2D eigenvalue weighted by molar-refractivity contribution is 0.102. The average molecular weight is 403 g/mol. The van der Waals surface area contributed by atoms with E-state index in [9.17, 15) is 13.2 Å². The SMILES string of the molecule is O=C(CSc1nnc2ccccn12)c1ccc(S(=O)(=O)N2CCCC2)cc1. The zero-order chi connectivity index (χ0) is 18.9. The molecule has 140 valence electrons. The van der Waals surface area contributed by atoms with Crippen molar-refractivity contribution < 1.29 is 13.2 Å². The van der Waals surface area contributed by atoms with Gasteiger partial charge in [0.1, 0.15) is 0 Å². The average Bonchev–Trinajstić information content (AvgIpc) is 3.37. The highest BCUT2D eigenvalue weighted by Crippen LogP contribution is 2.22. The highest BCUT2D eigenvalue weighted by Gasteiger charge is 2.27. The van der Waals surface area contributed by atoms with Crippen LogP contribution in [0, 0.1) is 0 Å². The van der Waals surface area contributed by atoms with Gasteiger partial charge in [0.25, 0.3) is 0 Å². The van der Waals surface area contributed by atoms with E-state index < -0.39 is 10.0 Å². The van der Waals surface area contributed by atoms with Gasteiger partial charge in [0.2, 0.25) is 10.0 Å². The molecule has 1 saturated heterocycles. The van der Waals surface area contributed by atoms with Crippen LogP contribution >= 0.6 is 11.8 Å². The van der Waals surface area contributed by atoms with Gasteiger partial charge >= 0.3 is 0 Å². The molecule has 4 rings (SSSR count). The molecule has 1 aliphatic rings. The van der Waals surface area contributed by atoms with Crippen molar-refractivity contribution in [2.75, 3.05) is 18.8 Å². The monoisotopic (exact) mass is 402 g/mol. The summed E-state index contributed by atoms with van der Waals surface area (Å²) in [7, 11) is -3.46. The smallest absolute Gasteiger partial charge is 0.243 e. The van der Waals surface area contributed by atoms with Gasteiger partial charge in [-0.3, -0.25) is 9.20 Å². The highest BCUT2D eigenvalue weighted by atomic mass is 32.2. The fourth-order valence-electron chi connectivity index (χ4n) is 3.02. The molecule has 1 aliphatic heterocycles. The number of benzene rings is 1. The maximum absolute atomic E-state index is 12.5. The summed E-state index contributed by atoms with van der Waals surface area (Å²) >= 11 is 1.30. The number of aromatic nitrogens is 3. The molecule has 9 heteroatoms. The Hall–Kier alpha value is -2.23. The standard InChI is InChI=1S/C18H18N4O3S2/c23-16(13-26-18-20-19-17-5-1-2-12-22(17)18)14-6-8-15(9-7-14)27(24,25)21-10-3-4-11-21/h1-2,5-9,12H,3-4,10-11,13H2. The van der Waals surface area contributed by atoms with Crippen LogP contribution in [0.2, 0.25) is 0 Å². The lowest BCUT2D eigenvalue weighted by Crippen LogP contribution is -2.27. The maximum Gasteiger partial charge on any atom is 0.243 e. The summed E-state index contributed by atoms with van der Waals surface area (Å²) < 4.78 is 28.4. The molecule has 0 saturated carbocycles. The van der Waals surface area contributed by atoms with Crippen LogP contribution in [0.1, 0.15) is 23.2 Å². The van der Waals surface area contributed by atoms with Gasteiger partial charge < -0.3 is 0 Å². The molecule has 1 aromatic carbocycles. The van der Waals surface area contributed by atoms with Crippen LogP contribution in [-0.4, -0.2) is 51.9 Å². The Kier molecular flexibility index (Phi) is 4.98. The Bertz CT molecular complexity index is 1070.